The van der Waals surface area contributed by atoms with Crippen molar-refractivity contribution in [2.75, 3.05) is 5.32 Å². The van der Waals surface area contributed by atoms with Gasteiger partial charge in [0.2, 0.25) is 0 Å². The molecule has 0 bridgehead atoms. The Hall–Kier alpha value is -4.68. The Balaban J connectivity index is 0.000000243. The first-order chi connectivity index (χ1) is 21.0. The SMILES string of the molecule is Cl.FC(F)(F)c1ccc2c(Cl)ncnc2c1.FC(F)(F)c1ccc2c(Nc3ccc(OCc4ccccc4)cc3)ncnc2c1. The van der Waals surface area contributed by atoms with Crippen LogP contribution in [0.5, 0.6) is 5.75 Å². The van der Waals surface area contributed by atoms with Crippen LogP contribution < -0.4 is 10.1 Å². The van der Waals surface area contributed by atoms with Crippen molar-refractivity contribution in [3.05, 3.63) is 125 Å². The third-order valence-corrected chi connectivity index (χ3v) is 6.55. The van der Waals surface area contributed by atoms with Gasteiger partial charge >= 0.3 is 12.4 Å². The maximum Gasteiger partial charge on any atom is 0.416 e. The highest BCUT2D eigenvalue weighted by Crippen LogP contribution is 2.33. The minimum atomic E-state index is -4.41. The summed E-state index contributed by atoms with van der Waals surface area (Å²) in [5.41, 5.74) is 0.724. The van der Waals surface area contributed by atoms with Gasteiger partial charge in [-0.15, -0.1) is 12.4 Å². The van der Waals surface area contributed by atoms with Crippen LogP contribution in [0, 0.1) is 0 Å². The molecule has 0 aliphatic carbocycles. The Bertz CT molecular complexity index is 1890. The normalized spacial score (nSPS) is 11.4. The molecule has 0 radical (unpaired) electrons. The van der Waals surface area contributed by atoms with Crippen LogP contribution in [0.1, 0.15) is 16.7 Å². The minimum absolute atomic E-state index is 0. The maximum absolute atomic E-state index is 12.9. The van der Waals surface area contributed by atoms with Gasteiger partial charge in [0.05, 0.1) is 22.2 Å². The van der Waals surface area contributed by atoms with Crippen LogP contribution >= 0.6 is 24.0 Å². The molecule has 0 unspecified atom stereocenters. The first kappa shape index (κ1) is 33.2. The van der Waals surface area contributed by atoms with E-state index in [0.29, 0.717) is 28.9 Å². The summed E-state index contributed by atoms with van der Waals surface area (Å²) in [6.07, 6.45) is -6.42. The van der Waals surface area contributed by atoms with Crippen molar-refractivity contribution in [1.29, 1.82) is 0 Å². The zero-order valence-electron chi connectivity index (χ0n) is 22.8. The van der Waals surface area contributed by atoms with Crippen LogP contribution in [0.2, 0.25) is 5.15 Å². The molecule has 1 N–H and O–H groups in total. The number of halogens is 8. The fraction of sp³-hybridized carbons (Fsp3) is 0.0968. The van der Waals surface area contributed by atoms with Gasteiger partial charge in [-0.25, -0.2) is 19.9 Å². The van der Waals surface area contributed by atoms with Crippen molar-refractivity contribution in [1.82, 2.24) is 19.9 Å². The van der Waals surface area contributed by atoms with E-state index in [1.807, 2.05) is 54.6 Å². The molecule has 0 saturated heterocycles. The fourth-order valence-electron chi connectivity index (χ4n) is 4.05. The number of ether oxygens (including phenoxy) is 1. The fourth-order valence-corrected chi connectivity index (χ4v) is 4.25. The first-order valence-corrected chi connectivity index (χ1v) is 13.2. The molecular formula is C31H21Cl2F6N5O. The van der Waals surface area contributed by atoms with Gasteiger partial charge < -0.3 is 10.1 Å². The lowest BCUT2D eigenvalue weighted by molar-refractivity contribution is -0.138. The van der Waals surface area contributed by atoms with E-state index in [1.165, 1.54) is 18.5 Å². The Labute approximate surface area is 263 Å². The van der Waals surface area contributed by atoms with E-state index in [-0.39, 0.29) is 28.6 Å². The van der Waals surface area contributed by atoms with Crippen LogP contribution in [-0.2, 0) is 19.0 Å². The third kappa shape index (κ3) is 8.49. The molecule has 6 nitrogen and oxygen atoms in total. The lowest BCUT2D eigenvalue weighted by Gasteiger charge is -2.11. The highest BCUT2D eigenvalue weighted by atomic mass is 35.5. The Morgan fingerprint density at radius 1 is 0.644 bits per heavy atom. The third-order valence-electron chi connectivity index (χ3n) is 6.24. The van der Waals surface area contributed by atoms with E-state index in [4.69, 9.17) is 16.3 Å². The first-order valence-electron chi connectivity index (χ1n) is 12.8. The average Bonchev–Trinajstić information content (AvgIpc) is 3.00. The second-order valence-electron chi connectivity index (χ2n) is 9.27. The summed E-state index contributed by atoms with van der Waals surface area (Å²) in [4.78, 5) is 15.5. The number of hydrogen-bond donors (Lipinski definition) is 1. The van der Waals surface area contributed by atoms with Gasteiger partial charge in [0, 0.05) is 16.5 Å². The lowest BCUT2D eigenvalue weighted by atomic mass is 10.1. The number of alkyl halides is 6. The average molecular weight is 664 g/mol. The van der Waals surface area contributed by atoms with E-state index in [0.717, 1.165) is 41.8 Å². The number of aromatic nitrogens is 4. The van der Waals surface area contributed by atoms with E-state index < -0.39 is 23.5 Å². The number of nitrogens with zero attached hydrogens (tertiary/aromatic N) is 4. The van der Waals surface area contributed by atoms with Crippen molar-refractivity contribution < 1.29 is 31.1 Å². The largest absolute Gasteiger partial charge is 0.489 e. The second kappa shape index (κ2) is 14.0. The van der Waals surface area contributed by atoms with Gasteiger partial charge in [-0.1, -0.05) is 41.9 Å². The minimum Gasteiger partial charge on any atom is -0.489 e. The van der Waals surface area contributed by atoms with Crippen LogP contribution in [0.25, 0.3) is 21.8 Å². The van der Waals surface area contributed by atoms with E-state index in [2.05, 4.69) is 25.3 Å². The molecule has 0 saturated carbocycles. The molecule has 0 atom stereocenters. The van der Waals surface area contributed by atoms with Crippen molar-refractivity contribution in [2.45, 2.75) is 19.0 Å². The number of rotatable bonds is 5. The Morgan fingerprint density at radius 3 is 1.80 bits per heavy atom. The molecule has 0 fully saturated rings. The standard InChI is InChI=1S/C22H16F3N3O.C9H4ClF3N2.ClH/c23-22(24,25)16-6-11-19-20(12-16)26-14-27-21(19)28-17-7-9-18(10-8-17)29-13-15-4-2-1-3-5-15;10-8-6-2-1-5(9(11,12)13)3-7(6)14-4-15-8;/h1-12,14H,13H2,(H,26,27,28);1-4H;1H. The van der Waals surface area contributed by atoms with Gasteiger partial charge in [0.25, 0.3) is 0 Å². The monoisotopic (exact) mass is 663 g/mol. The number of fused-ring (bicyclic) bond motifs is 2. The van der Waals surface area contributed by atoms with Crippen LogP contribution in [0.3, 0.4) is 0 Å². The van der Waals surface area contributed by atoms with E-state index in [1.54, 1.807) is 0 Å². The number of nitrogens with one attached hydrogen (secondary N) is 1. The van der Waals surface area contributed by atoms with E-state index in [9.17, 15) is 26.3 Å². The summed E-state index contributed by atoms with van der Waals surface area (Å²) in [5.74, 6) is 1.14. The van der Waals surface area contributed by atoms with Crippen molar-refractivity contribution in [3.8, 4) is 5.75 Å². The van der Waals surface area contributed by atoms with Gasteiger partial charge in [0.15, 0.2) is 0 Å². The second-order valence-corrected chi connectivity index (χ2v) is 9.63. The highest BCUT2D eigenvalue weighted by molar-refractivity contribution is 6.34. The zero-order chi connectivity index (χ0) is 31.3. The van der Waals surface area contributed by atoms with Crippen molar-refractivity contribution in [3.63, 3.8) is 0 Å². The van der Waals surface area contributed by atoms with Gasteiger partial charge in [-0.05, 0) is 66.2 Å². The summed E-state index contributed by atoms with van der Waals surface area (Å²) < 4.78 is 81.5. The smallest absolute Gasteiger partial charge is 0.416 e. The van der Waals surface area contributed by atoms with Gasteiger partial charge in [-0.3, -0.25) is 0 Å². The predicted molar refractivity (Wildman–Crippen MR) is 162 cm³/mol. The van der Waals surface area contributed by atoms with Crippen LogP contribution in [0.4, 0.5) is 37.8 Å². The summed E-state index contributed by atoms with van der Waals surface area (Å²) in [7, 11) is 0. The number of anilines is 2. The van der Waals surface area contributed by atoms with E-state index >= 15 is 0 Å². The zero-order valence-corrected chi connectivity index (χ0v) is 24.3. The molecule has 6 aromatic rings. The highest BCUT2D eigenvalue weighted by Gasteiger charge is 2.31. The summed E-state index contributed by atoms with van der Waals surface area (Å²) in [5, 5.41) is 4.18. The van der Waals surface area contributed by atoms with Gasteiger partial charge in [-0.2, -0.15) is 26.3 Å². The topological polar surface area (TPSA) is 72.8 Å². The molecule has 0 aliphatic heterocycles. The summed E-state index contributed by atoms with van der Waals surface area (Å²) in [6.45, 7) is 0.464. The molecule has 0 amide bonds. The van der Waals surface area contributed by atoms with Crippen LogP contribution in [-0.4, -0.2) is 19.9 Å². The number of hydrogen-bond acceptors (Lipinski definition) is 6. The Kier molecular flexibility index (Phi) is 10.3. The molecule has 0 aliphatic rings. The number of benzene rings is 4. The summed E-state index contributed by atoms with van der Waals surface area (Å²) >= 11 is 5.69. The van der Waals surface area contributed by atoms with Crippen molar-refractivity contribution >= 4 is 57.3 Å². The summed E-state index contributed by atoms with van der Waals surface area (Å²) in [6, 6.07) is 23.7. The predicted octanol–water partition coefficient (Wildman–Crippen LogP) is 9.69. The molecule has 6 rings (SSSR count). The molecule has 4 aromatic carbocycles. The molecule has 232 valence electrons. The Morgan fingerprint density at radius 2 is 1.20 bits per heavy atom. The molecule has 0 spiro atoms. The molecule has 45 heavy (non-hydrogen) atoms. The molecule has 2 aromatic heterocycles. The molecule has 2 heterocycles. The quantitative estimate of drug-likeness (QED) is 0.146. The molecular weight excluding hydrogens is 643 g/mol. The molecule has 14 heteroatoms. The van der Waals surface area contributed by atoms with Gasteiger partial charge in [0.1, 0.15) is 36.0 Å². The van der Waals surface area contributed by atoms with Crippen LogP contribution in [0.15, 0.2) is 104 Å². The maximum atomic E-state index is 12.9. The van der Waals surface area contributed by atoms with Crippen molar-refractivity contribution in [2.24, 2.45) is 0 Å². The lowest BCUT2D eigenvalue weighted by Crippen LogP contribution is -2.05.